The number of ether oxygens (including phenoxy) is 1. The van der Waals surface area contributed by atoms with Crippen LogP contribution in [0.2, 0.25) is 0 Å². The van der Waals surface area contributed by atoms with E-state index in [0.717, 1.165) is 12.2 Å². The molecule has 1 saturated heterocycles. The van der Waals surface area contributed by atoms with E-state index < -0.39 is 6.10 Å². The molecular weight excluding hydrogens is 196 g/mol. The smallest absolute Gasteiger partial charge is 0.208 e. The molecule has 1 fully saturated rings. The largest absolute Gasteiger partial charge is 0.444 e. The molecule has 2 unspecified atom stereocenters. The Labute approximate surface area is 88.5 Å². The number of oxazole rings is 1. The highest BCUT2D eigenvalue weighted by molar-refractivity contribution is 4.94. The van der Waals surface area contributed by atoms with Crippen LogP contribution in [0.25, 0.3) is 0 Å². The van der Waals surface area contributed by atoms with E-state index >= 15 is 0 Å². The summed E-state index contributed by atoms with van der Waals surface area (Å²) in [6.45, 7) is 3.50. The third-order valence-corrected chi connectivity index (χ3v) is 2.52. The van der Waals surface area contributed by atoms with Crippen LogP contribution in [0, 0.1) is 0 Å². The maximum absolute atomic E-state index is 9.48. The maximum atomic E-state index is 9.48. The summed E-state index contributed by atoms with van der Waals surface area (Å²) in [5.41, 5.74) is 0. The van der Waals surface area contributed by atoms with Gasteiger partial charge in [-0.1, -0.05) is 6.92 Å². The van der Waals surface area contributed by atoms with Gasteiger partial charge in [-0.25, -0.2) is 4.98 Å². The zero-order valence-corrected chi connectivity index (χ0v) is 8.77. The highest BCUT2D eigenvalue weighted by Crippen LogP contribution is 2.08. The van der Waals surface area contributed by atoms with Gasteiger partial charge in [0.05, 0.1) is 38.1 Å². The van der Waals surface area contributed by atoms with Crippen molar-refractivity contribution in [3.63, 3.8) is 0 Å². The van der Waals surface area contributed by atoms with Crippen molar-refractivity contribution in [2.45, 2.75) is 32.0 Å². The van der Waals surface area contributed by atoms with Gasteiger partial charge in [0.2, 0.25) is 5.89 Å². The fourth-order valence-corrected chi connectivity index (χ4v) is 1.55. The van der Waals surface area contributed by atoms with E-state index in [-0.39, 0.29) is 6.04 Å². The zero-order valence-electron chi connectivity index (χ0n) is 8.77. The first-order valence-electron chi connectivity index (χ1n) is 5.22. The van der Waals surface area contributed by atoms with Gasteiger partial charge in [0, 0.05) is 6.42 Å². The summed E-state index contributed by atoms with van der Waals surface area (Å²) in [7, 11) is 0. The van der Waals surface area contributed by atoms with Crippen LogP contribution in [0.1, 0.15) is 18.6 Å². The normalized spacial score (nSPS) is 26.0. The molecule has 0 aromatic carbocycles. The third-order valence-electron chi connectivity index (χ3n) is 2.52. The number of aliphatic hydroxyl groups excluding tert-OH is 1. The number of nitrogens with zero attached hydrogens (tertiary/aromatic N) is 1. The lowest BCUT2D eigenvalue weighted by Crippen LogP contribution is -2.38. The number of nitrogens with one attached hydrogen (secondary N) is 1. The summed E-state index contributed by atoms with van der Waals surface area (Å²) in [6.07, 6.45) is 2.16. The van der Waals surface area contributed by atoms with Crippen molar-refractivity contribution in [3.8, 4) is 0 Å². The van der Waals surface area contributed by atoms with Gasteiger partial charge in [0.25, 0.3) is 0 Å². The summed E-state index contributed by atoms with van der Waals surface area (Å²) < 4.78 is 10.6. The monoisotopic (exact) mass is 212 g/mol. The summed E-state index contributed by atoms with van der Waals surface area (Å²) in [5, 5.41) is 12.6. The molecule has 1 aromatic heterocycles. The molecule has 5 heteroatoms. The van der Waals surface area contributed by atoms with E-state index in [1.807, 2.05) is 6.92 Å². The summed E-state index contributed by atoms with van der Waals surface area (Å²) >= 11 is 0. The Morgan fingerprint density at radius 2 is 2.47 bits per heavy atom. The van der Waals surface area contributed by atoms with Crippen LogP contribution in [0.15, 0.2) is 10.6 Å². The molecule has 0 aliphatic carbocycles. The van der Waals surface area contributed by atoms with E-state index in [2.05, 4.69) is 10.3 Å². The van der Waals surface area contributed by atoms with Crippen molar-refractivity contribution in [3.05, 3.63) is 17.8 Å². The van der Waals surface area contributed by atoms with Crippen LogP contribution >= 0.6 is 0 Å². The molecule has 2 atom stereocenters. The summed E-state index contributed by atoms with van der Waals surface area (Å²) in [5.74, 6) is 1.54. The van der Waals surface area contributed by atoms with Crippen molar-refractivity contribution in [2.24, 2.45) is 0 Å². The fourth-order valence-electron chi connectivity index (χ4n) is 1.55. The minimum atomic E-state index is -0.425. The Bertz CT molecular complexity index is 313. The van der Waals surface area contributed by atoms with Crippen molar-refractivity contribution >= 4 is 0 Å². The van der Waals surface area contributed by atoms with Crippen LogP contribution in [-0.4, -0.2) is 35.5 Å². The summed E-state index contributed by atoms with van der Waals surface area (Å²) in [4.78, 5) is 4.12. The quantitative estimate of drug-likeness (QED) is 0.740. The lowest BCUT2D eigenvalue weighted by molar-refractivity contribution is 0.122. The van der Waals surface area contributed by atoms with Gasteiger partial charge in [0.1, 0.15) is 5.76 Å². The SMILES string of the molecule is CCc1cnc(CNC2COCC2O)o1. The van der Waals surface area contributed by atoms with Crippen molar-refractivity contribution in [1.82, 2.24) is 10.3 Å². The van der Waals surface area contributed by atoms with Crippen LogP contribution in [0.4, 0.5) is 0 Å². The molecule has 0 spiro atoms. The average Bonchev–Trinajstić information content (AvgIpc) is 2.84. The fraction of sp³-hybridized carbons (Fsp3) is 0.700. The molecule has 1 aromatic rings. The van der Waals surface area contributed by atoms with E-state index in [9.17, 15) is 5.11 Å². The molecule has 1 aliphatic rings. The number of hydrogen-bond donors (Lipinski definition) is 2. The Kier molecular flexibility index (Phi) is 3.35. The van der Waals surface area contributed by atoms with Gasteiger partial charge in [-0.3, -0.25) is 0 Å². The third kappa shape index (κ3) is 2.56. The molecule has 1 aliphatic heterocycles. The molecule has 84 valence electrons. The average molecular weight is 212 g/mol. The predicted octanol–water partition coefficient (Wildman–Crippen LogP) is 0.0863. The number of rotatable bonds is 4. The lowest BCUT2D eigenvalue weighted by Gasteiger charge is -2.12. The molecule has 0 saturated carbocycles. The lowest BCUT2D eigenvalue weighted by atomic mass is 10.2. The number of aliphatic hydroxyl groups is 1. The second-order valence-electron chi connectivity index (χ2n) is 3.67. The molecular formula is C10H16N2O3. The first kappa shape index (κ1) is 10.6. The molecule has 2 rings (SSSR count). The van der Waals surface area contributed by atoms with Crippen molar-refractivity contribution < 1.29 is 14.3 Å². The first-order valence-corrected chi connectivity index (χ1v) is 5.22. The summed E-state index contributed by atoms with van der Waals surface area (Å²) in [6, 6.07) is -0.0121. The molecule has 0 radical (unpaired) electrons. The standard InChI is InChI=1S/C10H16N2O3/c1-2-7-3-12-10(15-7)4-11-8-5-14-6-9(8)13/h3,8-9,11,13H,2,4-6H2,1H3. The van der Waals surface area contributed by atoms with Crippen LogP contribution in [0.3, 0.4) is 0 Å². The number of aromatic nitrogens is 1. The highest BCUT2D eigenvalue weighted by atomic mass is 16.5. The molecule has 15 heavy (non-hydrogen) atoms. The Hall–Kier alpha value is -0.910. The van der Waals surface area contributed by atoms with Gasteiger partial charge in [-0.05, 0) is 0 Å². The number of aryl methyl sites for hydroxylation is 1. The van der Waals surface area contributed by atoms with Gasteiger partial charge in [0.15, 0.2) is 0 Å². The van der Waals surface area contributed by atoms with E-state index in [1.165, 1.54) is 0 Å². The van der Waals surface area contributed by atoms with Gasteiger partial charge in [-0.15, -0.1) is 0 Å². The second-order valence-corrected chi connectivity index (χ2v) is 3.67. The van der Waals surface area contributed by atoms with E-state index in [0.29, 0.717) is 25.6 Å². The molecule has 0 bridgehead atoms. The molecule has 5 nitrogen and oxygen atoms in total. The highest BCUT2D eigenvalue weighted by Gasteiger charge is 2.25. The Morgan fingerprint density at radius 1 is 1.60 bits per heavy atom. The van der Waals surface area contributed by atoms with Gasteiger partial charge < -0.3 is 19.6 Å². The topological polar surface area (TPSA) is 67.5 Å². The second kappa shape index (κ2) is 4.74. The molecule has 2 N–H and O–H groups in total. The van der Waals surface area contributed by atoms with E-state index in [1.54, 1.807) is 6.20 Å². The Morgan fingerprint density at radius 3 is 3.07 bits per heavy atom. The van der Waals surface area contributed by atoms with Crippen molar-refractivity contribution in [2.75, 3.05) is 13.2 Å². The van der Waals surface area contributed by atoms with Crippen LogP contribution in [0.5, 0.6) is 0 Å². The minimum absolute atomic E-state index is 0.0121. The van der Waals surface area contributed by atoms with Crippen LogP contribution < -0.4 is 5.32 Å². The van der Waals surface area contributed by atoms with Crippen LogP contribution in [-0.2, 0) is 17.7 Å². The minimum Gasteiger partial charge on any atom is -0.444 e. The predicted molar refractivity (Wildman–Crippen MR) is 53.3 cm³/mol. The molecule has 2 heterocycles. The first-order chi connectivity index (χ1) is 7.29. The van der Waals surface area contributed by atoms with E-state index in [4.69, 9.17) is 9.15 Å². The maximum Gasteiger partial charge on any atom is 0.208 e. The molecule has 0 amide bonds. The van der Waals surface area contributed by atoms with Crippen molar-refractivity contribution in [1.29, 1.82) is 0 Å². The van der Waals surface area contributed by atoms with Gasteiger partial charge >= 0.3 is 0 Å². The number of hydrogen-bond acceptors (Lipinski definition) is 5. The van der Waals surface area contributed by atoms with Gasteiger partial charge in [-0.2, -0.15) is 0 Å². The zero-order chi connectivity index (χ0) is 10.7. The Balaban J connectivity index is 1.82.